The van der Waals surface area contributed by atoms with E-state index in [0.29, 0.717) is 6.54 Å². The van der Waals surface area contributed by atoms with Gasteiger partial charge in [0.25, 0.3) is 0 Å². The fourth-order valence-electron chi connectivity index (χ4n) is 2.70. The Bertz CT molecular complexity index is 608. The van der Waals surface area contributed by atoms with Gasteiger partial charge in [-0.15, -0.1) is 0 Å². The van der Waals surface area contributed by atoms with Crippen LogP contribution in [0, 0.1) is 6.92 Å². The normalized spacial score (nSPS) is 21.0. The third-order valence-electron chi connectivity index (χ3n) is 3.70. The quantitative estimate of drug-likeness (QED) is 0.874. The molecule has 1 aromatic rings. The highest BCUT2D eigenvalue weighted by Gasteiger charge is 2.37. The smallest absolute Gasteiger partial charge is 0.357 e. The lowest BCUT2D eigenvalue weighted by Crippen LogP contribution is -2.43. The zero-order valence-corrected chi connectivity index (χ0v) is 12.4. The van der Waals surface area contributed by atoms with Gasteiger partial charge < -0.3 is 5.11 Å². The summed E-state index contributed by atoms with van der Waals surface area (Å²) in [7, 11) is -3.83. The molecule has 0 radical (unpaired) electrons. The Morgan fingerprint density at radius 2 is 2.20 bits per heavy atom. The molecule has 1 aromatic heterocycles. The monoisotopic (exact) mass is 301 g/mol. The van der Waals surface area contributed by atoms with Gasteiger partial charge >= 0.3 is 5.97 Å². The predicted molar refractivity (Wildman–Crippen MR) is 72.1 cm³/mol. The van der Waals surface area contributed by atoms with Gasteiger partial charge in [-0.05, 0) is 26.2 Å². The van der Waals surface area contributed by atoms with Crippen molar-refractivity contribution in [2.45, 2.75) is 50.5 Å². The Labute approximate surface area is 118 Å². The Hall–Kier alpha value is -1.41. The maximum atomic E-state index is 12.8. The lowest BCUT2D eigenvalue weighted by molar-refractivity contribution is 0.0685. The molecule has 0 spiro atoms. The standard InChI is InChI=1S/C12H19N3O4S/c1-3-9-6-4-5-7-15(9)20(18,19)11-8(2)13-14-10(11)12(16)17/h9H,3-7H2,1-2H3,(H,13,14)(H,16,17). The molecule has 1 aliphatic heterocycles. The summed E-state index contributed by atoms with van der Waals surface area (Å²) in [5.41, 5.74) is -0.161. The molecule has 112 valence electrons. The molecule has 1 fully saturated rings. The van der Waals surface area contributed by atoms with Crippen molar-refractivity contribution >= 4 is 16.0 Å². The summed E-state index contributed by atoms with van der Waals surface area (Å²) >= 11 is 0. The van der Waals surface area contributed by atoms with Crippen molar-refractivity contribution in [1.82, 2.24) is 14.5 Å². The molecule has 7 nitrogen and oxygen atoms in total. The number of aromatic amines is 1. The molecule has 0 aliphatic carbocycles. The molecule has 1 saturated heterocycles. The molecule has 2 N–H and O–H groups in total. The second-order valence-electron chi connectivity index (χ2n) is 5.01. The molecule has 0 amide bonds. The number of piperidine rings is 1. The fraction of sp³-hybridized carbons (Fsp3) is 0.667. The maximum Gasteiger partial charge on any atom is 0.357 e. The number of aromatic nitrogens is 2. The second kappa shape index (κ2) is 5.53. The van der Waals surface area contributed by atoms with Crippen LogP contribution in [0.4, 0.5) is 0 Å². The fourth-order valence-corrected chi connectivity index (χ4v) is 4.76. The van der Waals surface area contributed by atoms with Crippen LogP contribution >= 0.6 is 0 Å². The number of hydrogen-bond donors (Lipinski definition) is 2. The van der Waals surface area contributed by atoms with Gasteiger partial charge in [0.2, 0.25) is 10.0 Å². The van der Waals surface area contributed by atoms with Gasteiger partial charge in [0, 0.05) is 12.6 Å². The molecular weight excluding hydrogens is 282 g/mol. The maximum absolute atomic E-state index is 12.8. The van der Waals surface area contributed by atoms with Crippen LogP contribution in [0.3, 0.4) is 0 Å². The van der Waals surface area contributed by atoms with Crippen LogP contribution in [0.25, 0.3) is 0 Å². The molecule has 2 rings (SSSR count). The van der Waals surface area contributed by atoms with E-state index in [1.807, 2.05) is 6.92 Å². The number of sulfonamides is 1. The van der Waals surface area contributed by atoms with Crippen LogP contribution in [0.2, 0.25) is 0 Å². The third-order valence-corrected chi connectivity index (χ3v) is 5.82. The summed E-state index contributed by atoms with van der Waals surface area (Å²) in [6.45, 7) is 3.90. The van der Waals surface area contributed by atoms with Crippen molar-refractivity contribution in [2.24, 2.45) is 0 Å². The predicted octanol–water partition coefficient (Wildman–Crippen LogP) is 1.37. The first-order chi connectivity index (χ1) is 9.39. The van der Waals surface area contributed by atoms with Gasteiger partial charge in [-0.2, -0.15) is 9.40 Å². The highest BCUT2D eigenvalue weighted by Crippen LogP contribution is 2.29. The van der Waals surface area contributed by atoms with E-state index in [1.54, 1.807) is 0 Å². The highest BCUT2D eigenvalue weighted by molar-refractivity contribution is 7.89. The number of aryl methyl sites for hydroxylation is 1. The van der Waals surface area contributed by atoms with Gasteiger partial charge in [0.05, 0.1) is 5.69 Å². The number of H-pyrrole nitrogens is 1. The number of carboxylic acids is 1. The zero-order valence-electron chi connectivity index (χ0n) is 11.6. The number of carboxylic acid groups (broad SMARTS) is 1. The van der Waals surface area contributed by atoms with Gasteiger partial charge in [-0.1, -0.05) is 13.3 Å². The lowest BCUT2D eigenvalue weighted by atomic mass is 10.0. The van der Waals surface area contributed by atoms with E-state index < -0.39 is 21.7 Å². The Balaban J connectivity index is 2.49. The van der Waals surface area contributed by atoms with E-state index in [2.05, 4.69) is 10.2 Å². The average Bonchev–Trinajstić information content (AvgIpc) is 2.81. The van der Waals surface area contributed by atoms with Crippen LogP contribution in [0.1, 0.15) is 48.8 Å². The van der Waals surface area contributed by atoms with Crippen molar-refractivity contribution in [3.63, 3.8) is 0 Å². The highest BCUT2D eigenvalue weighted by atomic mass is 32.2. The molecular formula is C12H19N3O4S. The summed E-state index contributed by atoms with van der Waals surface area (Å²) in [6, 6.07) is -0.0651. The van der Waals surface area contributed by atoms with Gasteiger partial charge in [0.15, 0.2) is 5.69 Å². The first kappa shape index (κ1) is 15.0. The summed E-state index contributed by atoms with van der Waals surface area (Å²) in [6.07, 6.45) is 3.34. The molecule has 0 saturated carbocycles. The zero-order chi connectivity index (χ0) is 14.9. The minimum atomic E-state index is -3.83. The minimum absolute atomic E-state index is 0.0651. The summed E-state index contributed by atoms with van der Waals surface area (Å²) in [5.74, 6) is -1.34. The largest absolute Gasteiger partial charge is 0.476 e. The van der Waals surface area contributed by atoms with Crippen molar-refractivity contribution in [3.05, 3.63) is 11.4 Å². The van der Waals surface area contributed by atoms with Crippen molar-refractivity contribution < 1.29 is 18.3 Å². The van der Waals surface area contributed by atoms with Crippen molar-refractivity contribution in [3.8, 4) is 0 Å². The first-order valence-corrected chi connectivity index (χ1v) is 8.13. The Morgan fingerprint density at radius 1 is 1.50 bits per heavy atom. The molecule has 2 heterocycles. The topological polar surface area (TPSA) is 103 Å². The third kappa shape index (κ3) is 2.45. The number of carbonyl (C=O) groups is 1. The van der Waals surface area contributed by atoms with Crippen LogP contribution in [0.15, 0.2) is 4.90 Å². The number of rotatable bonds is 4. The Kier molecular flexibility index (Phi) is 4.14. The molecule has 1 atom stereocenters. The van der Waals surface area contributed by atoms with Crippen LogP contribution in [-0.4, -0.2) is 46.6 Å². The molecule has 1 aliphatic rings. The summed E-state index contributed by atoms with van der Waals surface area (Å²) < 4.78 is 27.0. The minimum Gasteiger partial charge on any atom is -0.476 e. The van der Waals surface area contributed by atoms with E-state index in [4.69, 9.17) is 5.11 Å². The van der Waals surface area contributed by atoms with Crippen molar-refractivity contribution in [2.75, 3.05) is 6.54 Å². The van der Waals surface area contributed by atoms with E-state index in [9.17, 15) is 13.2 Å². The lowest BCUT2D eigenvalue weighted by Gasteiger charge is -2.34. The van der Waals surface area contributed by atoms with Crippen LogP contribution in [0.5, 0.6) is 0 Å². The van der Waals surface area contributed by atoms with Crippen LogP contribution in [-0.2, 0) is 10.0 Å². The van der Waals surface area contributed by atoms with Gasteiger partial charge in [-0.3, -0.25) is 5.10 Å². The van der Waals surface area contributed by atoms with E-state index in [-0.39, 0.29) is 16.6 Å². The van der Waals surface area contributed by atoms with Gasteiger partial charge in [-0.25, -0.2) is 13.2 Å². The number of nitrogens with zero attached hydrogens (tertiary/aromatic N) is 2. The van der Waals surface area contributed by atoms with E-state index in [1.165, 1.54) is 11.2 Å². The summed E-state index contributed by atoms with van der Waals surface area (Å²) in [5, 5.41) is 15.2. The van der Waals surface area contributed by atoms with Gasteiger partial charge in [0.1, 0.15) is 4.90 Å². The van der Waals surface area contributed by atoms with Crippen LogP contribution < -0.4 is 0 Å². The molecule has 0 aromatic carbocycles. The first-order valence-electron chi connectivity index (χ1n) is 6.69. The van der Waals surface area contributed by atoms with Crippen molar-refractivity contribution in [1.29, 1.82) is 0 Å². The van der Waals surface area contributed by atoms with E-state index >= 15 is 0 Å². The summed E-state index contributed by atoms with van der Waals surface area (Å²) in [4.78, 5) is 10.9. The number of hydrogen-bond acceptors (Lipinski definition) is 4. The SMILES string of the molecule is CCC1CCCCN1S(=O)(=O)c1c(C(=O)O)n[nH]c1C. The average molecular weight is 301 g/mol. The molecule has 1 unspecified atom stereocenters. The Morgan fingerprint density at radius 3 is 2.80 bits per heavy atom. The van der Waals surface area contributed by atoms with E-state index in [0.717, 1.165) is 25.7 Å². The number of nitrogens with one attached hydrogen (secondary N) is 1. The number of aromatic carboxylic acids is 1. The second-order valence-corrected chi connectivity index (χ2v) is 6.83. The molecule has 20 heavy (non-hydrogen) atoms. The molecule has 0 bridgehead atoms. The molecule has 8 heteroatoms.